The molecule has 1 heterocycles. The van der Waals surface area contributed by atoms with E-state index in [1.807, 2.05) is 0 Å². The lowest BCUT2D eigenvalue weighted by Crippen LogP contribution is -2.25. The van der Waals surface area contributed by atoms with Crippen molar-refractivity contribution in [1.29, 1.82) is 0 Å². The molecule has 0 aromatic heterocycles. The summed E-state index contributed by atoms with van der Waals surface area (Å²) >= 11 is 0. The number of sulfonamides is 1. The summed E-state index contributed by atoms with van der Waals surface area (Å²) in [4.78, 5) is 9.96. The van der Waals surface area contributed by atoms with Crippen LogP contribution >= 0.6 is 0 Å². The second-order valence-electron chi connectivity index (χ2n) is 3.84. The summed E-state index contributed by atoms with van der Waals surface area (Å²) in [6, 6.07) is 5.05. The average Bonchev–Trinajstić information content (AvgIpc) is 2.76. The summed E-state index contributed by atoms with van der Waals surface area (Å²) in [6.07, 6.45) is 0. The normalized spacial score (nSPS) is 15.6. The average molecular weight is 270 g/mol. The van der Waals surface area contributed by atoms with Crippen molar-refractivity contribution in [1.82, 2.24) is 5.32 Å². The molecule has 0 aliphatic carbocycles. The van der Waals surface area contributed by atoms with Crippen molar-refractivity contribution in [2.45, 2.75) is 11.8 Å². The van der Waals surface area contributed by atoms with Gasteiger partial charge in [0.25, 0.3) is 11.5 Å². The maximum atomic E-state index is 12.3. The van der Waals surface area contributed by atoms with Crippen LogP contribution in [0.25, 0.3) is 0 Å². The summed E-state index contributed by atoms with van der Waals surface area (Å²) < 4.78 is 25.7. The van der Waals surface area contributed by atoms with Gasteiger partial charge in [-0.15, -0.1) is 3.98 Å². The molecule has 0 spiro atoms. The molecule has 0 fully saturated rings. The molecule has 1 aliphatic rings. The molecule has 0 saturated heterocycles. The lowest BCUT2D eigenvalue weighted by Gasteiger charge is -2.03. The first kappa shape index (κ1) is 12.5. The van der Waals surface area contributed by atoms with Gasteiger partial charge in [-0.1, -0.05) is 6.07 Å². The Hall–Kier alpha value is -1.96. The molecule has 7 nitrogen and oxygen atoms in total. The summed E-state index contributed by atoms with van der Waals surface area (Å²) in [5.41, 5.74) is -0.235. The standard InChI is InChI=1S/C10H11N3O4S/c1-8-11-5-6-12(8)18(16,17)10-4-2-3-9(7-10)13(14)15/h2-4,7H,5-6H2,1H3/p+1. The molecule has 2 rings (SSSR count). The van der Waals surface area contributed by atoms with Gasteiger partial charge in [0, 0.05) is 19.1 Å². The fraction of sp³-hybridized carbons (Fsp3) is 0.300. The molecule has 0 bridgehead atoms. The van der Waals surface area contributed by atoms with E-state index in [4.69, 9.17) is 0 Å². The molecular formula is C10H12N3O4S+. The van der Waals surface area contributed by atoms with Gasteiger partial charge in [0.1, 0.15) is 18.0 Å². The molecule has 96 valence electrons. The molecule has 0 amide bonds. The van der Waals surface area contributed by atoms with Gasteiger partial charge in [0.15, 0.2) is 0 Å². The number of hydrogen-bond acceptors (Lipinski definition) is 5. The van der Waals surface area contributed by atoms with Crippen molar-refractivity contribution in [3.8, 4) is 0 Å². The molecule has 8 heteroatoms. The molecule has 0 atom stereocenters. The molecule has 1 aromatic rings. The van der Waals surface area contributed by atoms with Gasteiger partial charge >= 0.3 is 10.0 Å². The highest BCUT2D eigenvalue weighted by molar-refractivity contribution is 7.85. The summed E-state index contributed by atoms with van der Waals surface area (Å²) in [7, 11) is -3.71. The predicted molar refractivity (Wildman–Crippen MR) is 64.1 cm³/mol. The monoisotopic (exact) mass is 270 g/mol. The van der Waals surface area contributed by atoms with Crippen molar-refractivity contribution in [3.63, 3.8) is 0 Å². The molecule has 0 unspecified atom stereocenters. The highest BCUT2D eigenvalue weighted by atomic mass is 32.2. The van der Waals surface area contributed by atoms with Crippen LogP contribution in [-0.4, -0.2) is 36.2 Å². The van der Waals surface area contributed by atoms with Crippen LogP contribution in [0.2, 0.25) is 0 Å². The van der Waals surface area contributed by atoms with E-state index in [0.717, 1.165) is 6.07 Å². The number of nitrogens with one attached hydrogen (secondary N) is 1. The minimum Gasteiger partial charge on any atom is -0.274 e. The first-order valence-corrected chi connectivity index (χ1v) is 6.71. The second-order valence-corrected chi connectivity index (χ2v) is 5.71. The third kappa shape index (κ3) is 2.06. The van der Waals surface area contributed by atoms with Crippen LogP contribution in [0.3, 0.4) is 0 Å². The maximum absolute atomic E-state index is 12.3. The lowest BCUT2D eigenvalue weighted by molar-refractivity contribution is -0.385. The zero-order valence-electron chi connectivity index (χ0n) is 9.66. The van der Waals surface area contributed by atoms with Gasteiger partial charge in [-0.3, -0.25) is 15.4 Å². The fourth-order valence-corrected chi connectivity index (χ4v) is 3.31. The predicted octanol–water partition coefficient (Wildman–Crippen LogP) is 0.318. The van der Waals surface area contributed by atoms with E-state index in [0.29, 0.717) is 18.9 Å². The molecule has 18 heavy (non-hydrogen) atoms. The minimum atomic E-state index is -3.71. The highest BCUT2D eigenvalue weighted by Crippen LogP contribution is 2.19. The Balaban J connectivity index is 2.52. The molecule has 1 aromatic carbocycles. The van der Waals surface area contributed by atoms with E-state index in [9.17, 15) is 18.5 Å². The molecule has 0 radical (unpaired) electrons. The number of amidine groups is 1. The smallest absolute Gasteiger partial charge is 0.274 e. The molecule has 1 N–H and O–H groups in total. The van der Waals surface area contributed by atoms with E-state index >= 15 is 0 Å². The van der Waals surface area contributed by atoms with E-state index in [-0.39, 0.29) is 10.6 Å². The lowest BCUT2D eigenvalue weighted by atomic mass is 10.3. The topological polar surface area (TPSA) is 92.3 Å². The quantitative estimate of drug-likeness (QED) is 0.485. The number of hydrogen-bond donors (Lipinski definition) is 1. The Bertz CT molecular complexity index is 636. The maximum Gasteiger partial charge on any atom is 0.331 e. The van der Waals surface area contributed by atoms with Crippen molar-refractivity contribution < 1.29 is 17.3 Å². The van der Waals surface area contributed by atoms with E-state index in [1.54, 1.807) is 6.92 Å². The first-order valence-electron chi connectivity index (χ1n) is 5.27. The summed E-state index contributed by atoms with van der Waals surface area (Å²) in [6.45, 7) is 2.53. The Kier molecular flexibility index (Phi) is 3.04. The first-order chi connectivity index (χ1) is 8.43. The van der Waals surface area contributed by atoms with Crippen LogP contribution in [0.15, 0.2) is 29.2 Å². The van der Waals surface area contributed by atoms with Crippen LogP contribution < -0.4 is 5.32 Å². The van der Waals surface area contributed by atoms with Gasteiger partial charge in [0.2, 0.25) is 0 Å². The third-order valence-electron chi connectivity index (χ3n) is 2.69. The second kappa shape index (κ2) is 4.37. The van der Waals surface area contributed by atoms with Crippen LogP contribution in [-0.2, 0) is 10.0 Å². The number of nitro benzene ring substituents is 1. The van der Waals surface area contributed by atoms with Gasteiger partial charge in [-0.2, -0.15) is 8.42 Å². The van der Waals surface area contributed by atoms with Crippen LogP contribution in [0.5, 0.6) is 0 Å². The van der Waals surface area contributed by atoms with Gasteiger partial charge in [-0.25, -0.2) is 0 Å². The molecule has 1 aliphatic heterocycles. The number of benzene rings is 1. The van der Waals surface area contributed by atoms with Crippen LogP contribution in [0, 0.1) is 10.1 Å². The molecule has 0 saturated carbocycles. The fourth-order valence-electron chi connectivity index (χ4n) is 1.78. The summed E-state index contributed by atoms with van der Waals surface area (Å²) in [5.74, 6) is 0.529. The van der Waals surface area contributed by atoms with E-state index in [1.165, 1.54) is 22.2 Å². The largest absolute Gasteiger partial charge is 0.331 e. The van der Waals surface area contributed by atoms with Crippen molar-refractivity contribution >= 4 is 21.5 Å². The Morgan fingerprint density at radius 1 is 1.44 bits per heavy atom. The van der Waals surface area contributed by atoms with Gasteiger partial charge in [0.05, 0.1) is 4.92 Å². The van der Waals surface area contributed by atoms with E-state index in [2.05, 4.69) is 5.32 Å². The van der Waals surface area contributed by atoms with Crippen molar-refractivity contribution in [2.75, 3.05) is 13.1 Å². The number of nitrogens with zero attached hydrogens (tertiary/aromatic N) is 2. The highest BCUT2D eigenvalue weighted by Gasteiger charge is 2.31. The minimum absolute atomic E-state index is 0.0697. The van der Waals surface area contributed by atoms with Gasteiger partial charge in [-0.05, 0) is 6.07 Å². The number of non-ortho nitro benzene ring substituents is 1. The van der Waals surface area contributed by atoms with Crippen molar-refractivity contribution in [3.05, 3.63) is 34.4 Å². The van der Waals surface area contributed by atoms with Crippen molar-refractivity contribution in [2.24, 2.45) is 0 Å². The zero-order valence-corrected chi connectivity index (χ0v) is 10.5. The van der Waals surface area contributed by atoms with E-state index < -0.39 is 14.9 Å². The van der Waals surface area contributed by atoms with Gasteiger partial charge < -0.3 is 0 Å². The SMILES string of the molecule is CC1=[N+](S(=O)(=O)c2cccc([N+](=O)[O-])c2)CCN1. The van der Waals surface area contributed by atoms with Crippen LogP contribution in [0.1, 0.15) is 6.92 Å². The third-order valence-corrected chi connectivity index (χ3v) is 4.57. The Morgan fingerprint density at radius 2 is 2.17 bits per heavy atom. The number of rotatable bonds is 3. The van der Waals surface area contributed by atoms with Crippen LogP contribution in [0.4, 0.5) is 5.69 Å². The Morgan fingerprint density at radius 3 is 2.72 bits per heavy atom. The Labute approximate surface area is 104 Å². The summed E-state index contributed by atoms with van der Waals surface area (Å²) in [5, 5.41) is 13.6. The number of nitro groups is 1. The molecular weight excluding hydrogens is 258 g/mol. The zero-order chi connectivity index (χ0) is 13.3.